The molecule has 0 saturated carbocycles. The van der Waals surface area contributed by atoms with Gasteiger partial charge in [0.05, 0.1) is 33.9 Å². The van der Waals surface area contributed by atoms with Crippen LogP contribution in [0.2, 0.25) is 5.02 Å². The van der Waals surface area contributed by atoms with Crippen LogP contribution >= 0.6 is 11.6 Å². The van der Waals surface area contributed by atoms with E-state index in [1.165, 1.54) is 36.4 Å². The minimum Gasteiger partial charge on any atom is -0.506 e. The van der Waals surface area contributed by atoms with Gasteiger partial charge in [-0.05, 0) is 48.0 Å². The Morgan fingerprint density at radius 3 is 2.38 bits per heavy atom. The molecule has 160 valence electrons. The monoisotopic (exact) mass is 450 g/mol. The molecule has 0 saturated heterocycles. The summed E-state index contributed by atoms with van der Waals surface area (Å²) in [5.74, 6) is -3.11. The second-order valence-electron chi connectivity index (χ2n) is 7.03. The molecule has 0 aliphatic carbocycles. The van der Waals surface area contributed by atoms with Crippen molar-refractivity contribution in [2.75, 3.05) is 10.2 Å². The van der Waals surface area contributed by atoms with E-state index in [1.54, 1.807) is 24.3 Å². The highest BCUT2D eigenvalue weighted by Gasteiger charge is 2.38. The van der Waals surface area contributed by atoms with Gasteiger partial charge in [0.15, 0.2) is 0 Å². The molecule has 0 fully saturated rings. The SMILES string of the molecule is O=C(O)Cc1ccc(O)c(NC(=O)c2ccc3c(c2)C(=O)N(c2ccccc2Cl)C3=O)c1. The van der Waals surface area contributed by atoms with Gasteiger partial charge >= 0.3 is 5.97 Å². The summed E-state index contributed by atoms with van der Waals surface area (Å²) in [6.45, 7) is 0. The minimum absolute atomic E-state index is 0.0225. The predicted molar refractivity (Wildman–Crippen MR) is 116 cm³/mol. The van der Waals surface area contributed by atoms with Crippen molar-refractivity contribution < 1.29 is 29.4 Å². The van der Waals surface area contributed by atoms with E-state index in [4.69, 9.17) is 16.7 Å². The van der Waals surface area contributed by atoms with Crippen molar-refractivity contribution in [3.63, 3.8) is 0 Å². The van der Waals surface area contributed by atoms with Gasteiger partial charge in [0.2, 0.25) is 0 Å². The van der Waals surface area contributed by atoms with Gasteiger partial charge in [-0.1, -0.05) is 29.8 Å². The Labute approximate surface area is 186 Å². The fraction of sp³-hybridized carbons (Fsp3) is 0.0435. The van der Waals surface area contributed by atoms with Crippen LogP contribution < -0.4 is 10.2 Å². The Morgan fingerprint density at radius 2 is 1.66 bits per heavy atom. The fourth-order valence-corrected chi connectivity index (χ4v) is 3.62. The first-order valence-electron chi connectivity index (χ1n) is 9.38. The number of para-hydroxylation sites is 1. The summed E-state index contributed by atoms with van der Waals surface area (Å²) in [5.41, 5.74) is 0.912. The molecule has 3 aromatic carbocycles. The average molecular weight is 451 g/mol. The molecule has 0 atom stereocenters. The van der Waals surface area contributed by atoms with Crippen molar-refractivity contribution in [1.29, 1.82) is 0 Å². The first-order chi connectivity index (χ1) is 15.3. The normalized spacial score (nSPS) is 12.6. The zero-order valence-corrected chi connectivity index (χ0v) is 17.1. The van der Waals surface area contributed by atoms with Gasteiger partial charge in [-0.2, -0.15) is 0 Å². The van der Waals surface area contributed by atoms with Crippen LogP contribution in [0.4, 0.5) is 11.4 Å². The molecule has 3 aromatic rings. The Kier molecular flexibility index (Phi) is 5.38. The van der Waals surface area contributed by atoms with Crippen LogP contribution in [0.1, 0.15) is 36.6 Å². The molecule has 1 aliphatic heterocycles. The summed E-state index contributed by atoms with van der Waals surface area (Å²) < 4.78 is 0. The molecule has 0 radical (unpaired) electrons. The highest BCUT2D eigenvalue weighted by atomic mass is 35.5. The second-order valence-corrected chi connectivity index (χ2v) is 7.44. The average Bonchev–Trinajstić information content (AvgIpc) is 3.00. The standard InChI is InChI=1S/C23H15ClN2O6/c24-16-3-1-2-4-18(16)26-22(31)14-7-6-13(11-15(14)23(26)32)21(30)25-17-9-12(10-20(28)29)5-8-19(17)27/h1-9,11,27H,10H2,(H,25,30)(H,28,29). The van der Waals surface area contributed by atoms with E-state index >= 15 is 0 Å². The summed E-state index contributed by atoms with van der Waals surface area (Å²) in [4.78, 5) is 50.3. The van der Waals surface area contributed by atoms with E-state index in [1.807, 2.05) is 0 Å². The van der Waals surface area contributed by atoms with Crippen LogP contribution in [-0.2, 0) is 11.2 Å². The van der Waals surface area contributed by atoms with E-state index < -0.39 is 23.7 Å². The summed E-state index contributed by atoms with van der Waals surface area (Å²) in [6.07, 6.45) is -0.281. The largest absolute Gasteiger partial charge is 0.506 e. The number of hydrogen-bond donors (Lipinski definition) is 3. The highest BCUT2D eigenvalue weighted by molar-refractivity contribution is 6.40. The molecule has 3 amide bonds. The van der Waals surface area contributed by atoms with Crippen LogP contribution in [0.5, 0.6) is 5.75 Å². The van der Waals surface area contributed by atoms with Gasteiger partial charge in [0.1, 0.15) is 5.75 Å². The Morgan fingerprint density at radius 1 is 0.938 bits per heavy atom. The number of carboxylic acid groups (broad SMARTS) is 1. The topological polar surface area (TPSA) is 124 Å². The number of imide groups is 1. The molecule has 32 heavy (non-hydrogen) atoms. The lowest BCUT2D eigenvalue weighted by atomic mass is 10.0. The quantitative estimate of drug-likeness (QED) is 0.402. The molecule has 0 spiro atoms. The van der Waals surface area contributed by atoms with Crippen molar-refractivity contribution in [3.05, 3.63) is 87.9 Å². The summed E-state index contributed by atoms with van der Waals surface area (Å²) in [6, 6.07) is 14.5. The van der Waals surface area contributed by atoms with E-state index in [0.717, 1.165) is 4.90 Å². The third kappa shape index (κ3) is 3.79. The van der Waals surface area contributed by atoms with Gasteiger partial charge in [-0.25, -0.2) is 4.90 Å². The van der Waals surface area contributed by atoms with Crippen LogP contribution in [0.3, 0.4) is 0 Å². The molecule has 0 bridgehead atoms. The predicted octanol–water partition coefficient (Wildman–Crippen LogP) is 3.73. The summed E-state index contributed by atoms with van der Waals surface area (Å²) in [5, 5.41) is 21.7. The maximum atomic E-state index is 12.9. The van der Waals surface area contributed by atoms with Crippen molar-refractivity contribution in [3.8, 4) is 5.75 Å². The number of nitrogens with zero attached hydrogens (tertiary/aromatic N) is 1. The lowest BCUT2D eigenvalue weighted by Gasteiger charge is -2.15. The zero-order chi connectivity index (χ0) is 23.0. The molecule has 8 nitrogen and oxygen atoms in total. The number of halogens is 1. The molecular weight excluding hydrogens is 436 g/mol. The summed E-state index contributed by atoms with van der Waals surface area (Å²) >= 11 is 6.14. The maximum absolute atomic E-state index is 12.9. The van der Waals surface area contributed by atoms with E-state index in [2.05, 4.69) is 5.32 Å². The molecule has 4 rings (SSSR count). The van der Waals surface area contributed by atoms with Crippen molar-refractivity contribution in [1.82, 2.24) is 0 Å². The lowest BCUT2D eigenvalue weighted by Crippen LogP contribution is -2.29. The van der Waals surface area contributed by atoms with Crippen LogP contribution in [0.25, 0.3) is 0 Å². The number of benzene rings is 3. The third-order valence-corrected chi connectivity index (χ3v) is 5.23. The number of anilines is 2. The molecule has 1 heterocycles. The van der Waals surface area contributed by atoms with Gasteiger partial charge in [-0.3, -0.25) is 19.2 Å². The molecular formula is C23H15ClN2O6. The number of nitrogens with one attached hydrogen (secondary N) is 1. The van der Waals surface area contributed by atoms with Crippen molar-refractivity contribution >= 4 is 46.7 Å². The van der Waals surface area contributed by atoms with Crippen molar-refractivity contribution in [2.45, 2.75) is 6.42 Å². The molecule has 3 N–H and O–H groups in total. The molecule has 9 heteroatoms. The number of carboxylic acids is 1. The number of carbonyl (C=O) groups is 4. The third-order valence-electron chi connectivity index (χ3n) is 4.91. The highest BCUT2D eigenvalue weighted by Crippen LogP contribution is 2.33. The first kappa shape index (κ1) is 21.1. The molecule has 0 aromatic heterocycles. The van der Waals surface area contributed by atoms with Crippen LogP contribution in [-0.4, -0.2) is 33.9 Å². The molecule has 0 unspecified atom stereocenters. The van der Waals surface area contributed by atoms with Gasteiger partial charge in [0.25, 0.3) is 17.7 Å². The van der Waals surface area contributed by atoms with E-state index in [-0.39, 0.29) is 45.3 Å². The zero-order valence-electron chi connectivity index (χ0n) is 16.3. The molecule has 1 aliphatic rings. The van der Waals surface area contributed by atoms with Crippen molar-refractivity contribution in [2.24, 2.45) is 0 Å². The number of carbonyl (C=O) groups excluding carboxylic acids is 3. The minimum atomic E-state index is -1.06. The number of phenols is 1. The van der Waals surface area contributed by atoms with Gasteiger partial charge < -0.3 is 15.5 Å². The number of hydrogen-bond acceptors (Lipinski definition) is 5. The smallest absolute Gasteiger partial charge is 0.307 e. The number of fused-ring (bicyclic) bond motifs is 1. The number of amides is 3. The number of aliphatic carboxylic acids is 1. The number of rotatable bonds is 5. The Bertz CT molecular complexity index is 1300. The summed E-state index contributed by atoms with van der Waals surface area (Å²) in [7, 11) is 0. The first-order valence-corrected chi connectivity index (χ1v) is 9.76. The van der Waals surface area contributed by atoms with Gasteiger partial charge in [0, 0.05) is 5.56 Å². The number of aromatic hydroxyl groups is 1. The Balaban J connectivity index is 1.62. The lowest BCUT2D eigenvalue weighted by molar-refractivity contribution is -0.136. The Hall–Kier alpha value is -4.17. The van der Waals surface area contributed by atoms with E-state index in [9.17, 15) is 24.3 Å². The van der Waals surface area contributed by atoms with Gasteiger partial charge in [-0.15, -0.1) is 0 Å². The second kappa shape index (κ2) is 8.16. The van der Waals surface area contributed by atoms with Crippen LogP contribution in [0.15, 0.2) is 60.7 Å². The van der Waals surface area contributed by atoms with Crippen LogP contribution in [0, 0.1) is 0 Å². The number of phenolic OH excluding ortho intramolecular Hbond substituents is 1. The van der Waals surface area contributed by atoms with E-state index in [0.29, 0.717) is 5.56 Å². The maximum Gasteiger partial charge on any atom is 0.307 e. The fourth-order valence-electron chi connectivity index (χ4n) is 3.40.